The van der Waals surface area contributed by atoms with Gasteiger partial charge in [0.2, 0.25) is 0 Å². The van der Waals surface area contributed by atoms with Gasteiger partial charge in [-0.2, -0.15) is 0 Å². The molecule has 2 fully saturated rings. The first-order valence-corrected chi connectivity index (χ1v) is 8.24. The molecule has 0 spiro atoms. The molecule has 2 aliphatic rings. The van der Waals surface area contributed by atoms with Crippen molar-refractivity contribution in [3.05, 3.63) is 12.2 Å². The summed E-state index contributed by atoms with van der Waals surface area (Å²) in [5, 5.41) is 0. The molecule has 0 saturated heterocycles. The minimum Gasteiger partial charge on any atom is -0.456 e. The molecule has 2 nitrogen and oxygen atoms in total. The van der Waals surface area contributed by atoms with Crippen molar-refractivity contribution in [3.8, 4) is 0 Å². The standard InChI is InChI=1S/C18H30O2/c1-13(2)17(19)20-18(3,4)9-8-16-11-14-6-5-7-15(10-14)12-16/h14-16H,1,5-12H2,2-4H3/t14-,15?,16?/m1/s1. The molecule has 2 rings (SSSR count). The predicted octanol–water partition coefficient (Wildman–Crippen LogP) is 4.88. The molecular weight excluding hydrogens is 248 g/mol. The SMILES string of the molecule is C=C(C)C(=O)OC(C)(C)CCC1CC2CCC[C@H](C2)C1. The molecule has 3 atom stereocenters. The minimum absolute atomic E-state index is 0.254. The molecule has 20 heavy (non-hydrogen) atoms. The fourth-order valence-electron chi connectivity index (χ4n) is 4.05. The Balaban J connectivity index is 1.79. The Kier molecular flexibility index (Phi) is 4.93. The van der Waals surface area contributed by atoms with Crippen LogP contribution in [0.5, 0.6) is 0 Å². The number of fused-ring (bicyclic) bond motifs is 2. The van der Waals surface area contributed by atoms with Crippen molar-refractivity contribution in [1.29, 1.82) is 0 Å². The van der Waals surface area contributed by atoms with Gasteiger partial charge in [-0.25, -0.2) is 4.79 Å². The van der Waals surface area contributed by atoms with Crippen LogP contribution < -0.4 is 0 Å². The number of hydrogen-bond acceptors (Lipinski definition) is 2. The van der Waals surface area contributed by atoms with Crippen LogP contribution in [0.4, 0.5) is 0 Å². The minimum atomic E-state index is -0.359. The third-order valence-electron chi connectivity index (χ3n) is 5.10. The van der Waals surface area contributed by atoms with Crippen LogP contribution in [0.3, 0.4) is 0 Å². The second kappa shape index (κ2) is 6.32. The summed E-state index contributed by atoms with van der Waals surface area (Å²) < 4.78 is 5.55. The van der Waals surface area contributed by atoms with E-state index in [1.807, 2.05) is 13.8 Å². The lowest BCUT2D eigenvalue weighted by Crippen LogP contribution is -2.31. The van der Waals surface area contributed by atoms with Crippen LogP contribution in [0.2, 0.25) is 0 Å². The molecule has 0 amide bonds. The largest absolute Gasteiger partial charge is 0.456 e. The lowest BCUT2D eigenvalue weighted by Gasteiger charge is -2.40. The van der Waals surface area contributed by atoms with Gasteiger partial charge in [0.25, 0.3) is 0 Å². The summed E-state index contributed by atoms with van der Waals surface area (Å²) in [6.45, 7) is 9.41. The van der Waals surface area contributed by atoms with Gasteiger partial charge in [0.15, 0.2) is 0 Å². The number of esters is 1. The highest BCUT2D eigenvalue weighted by atomic mass is 16.6. The Hall–Kier alpha value is -0.790. The van der Waals surface area contributed by atoms with E-state index in [0.29, 0.717) is 5.57 Å². The Morgan fingerprint density at radius 2 is 1.80 bits per heavy atom. The number of hydrogen-bond donors (Lipinski definition) is 0. The molecule has 2 heteroatoms. The van der Waals surface area contributed by atoms with Gasteiger partial charge in [0, 0.05) is 5.57 Å². The van der Waals surface area contributed by atoms with Gasteiger partial charge in [0.1, 0.15) is 5.60 Å². The van der Waals surface area contributed by atoms with Gasteiger partial charge in [-0.05, 0) is 70.6 Å². The molecular formula is C18H30O2. The van der Waals surface area contributed by atoms with Crippen LogP contribution in [0.1, 0.15) is 72.1 Å². The summed E-state index contributed by atoms with van der Waals surface area (Å²) in [6.07, 6.45) is 10.8. The summed E-state index contributed by atoms with van der Waals surface area (Å²) in [4.78, 5) is 11.6. The van der Waals surface area contributed by atoms with Gasteiger partial charge < -0.3 is 4.74 Å². The van der Waals surface area contributed by atoms with Crippen molar-refractivity contribution in [2.45, 2.75) is 77.7 Å². The van der Waals surface area contributed by atoms with Crippen LogP contribution in [0.15, 0.2) is 12.2 Å². The Morgan fingerprint density at radius 1 is 1.20 bits per heavy atom. The third kappa shape index (κ3) is 4.36. The van der Waals surface area contributed by atoms with Crippen LogP contribution in [0, 0.1) is 17.8 Å². The van der Waals surface area contributed by atoms with E-state index in [9.17, 15) is 4.79 Å². The number of ether oxygens (including phenoxy) is 1. The van der Waals surface area contributed by atoms with Crippen molar-refractivity contribution >= 4 is 5.97 Å². The molecule has 2 unspecified atom stereocenters. The first-order chi connectivity index (χ1) is 9.35. The van der Waals surface area contributed by atoms with E-state index in [2.05, 4.69) is 6.58 Å². The van der Waals surface area contributed by atoms with Crippen LogP contribution in [-0.2, 0) is 9.53 Å². The van der Waals surface area contributed by atoms with Crippen LogP contribution in [-0.4, -0.2) is 11.6 Å². The van der Waals surface area contributed by atoms with Crippen LogP contribution >= 0.6 is 0 Å². The maximum absolute atomic E-state index is 11.6. The highest BCUT2D eigenvalue weighted by Crippen LogP contribution is 2.44. The third-order valence-corrected chi connectivity index (χ3v) is 5.10. The van der Waals surface area contributed by atoms with E-state index < -0.39 is 0 Å². The van der Waals surface area contributed by atoms with Crippen molar-refractivity contribution in [1.82, 2.24) is 0 Å². The maximum Gasteiger partial charge on any atom is 0.333 e. The average Bonchev–Trinajstić information content (AvgIpc) is 2.35. The van der Waals surface area contributed by atoms with E-state index in [-0.39, 0.29) is 11.6 Å². The molecule has 0 aromatic rings. The van der Waals surface area contributed by atoms with Crippen molar-refractivity contribution < 1.29 is 9.53 Å². The summed E-state index contributed by atoms with van der Waals surface area (Å²) in [7, 11) is 0. The van der Waals surface area contributed by atoms with Gasteiger partial charge in [-0.15, -0.1) is 0 Å². The van der Waals surface area contributed by atoms with Gasteiger partial charge >= 0.3 is 5.97 Å². The molecule has 0 aliphatic heterocycles. The molecule has 2 saturated carbocycles. The van der Waals surface area contributed by atoms with Gasteiger partial charge in [-0.1, -0.05) is 25.8 Å². The lowest BCUT2D eigenvalue weighted by atomic mass is 9.67. The van der Waals surface area contributed by atoms with E-state index in [4.69, 9.17) is 4.74 Å². The van der Waals surface area contributed by atoms with E-state index in [0.717, 1.165) is 24.2 Å². The Morgan fingerprint density at radius 3 is 2.35 bits per heavy atom. The normalized spacial score (nSPS) is 29.9. The van der Waals surface area contributed by atoms with Crippen LogP contribution in [0.25, 0.3) is 0 Å². The van der Waals surface area contributed by atoms with Crippen molar-refractivity contribution in [2.24, 2.45) is 17.8 Å². The molecule has 0 radical (unpaired) electrons. The molecule has 2 aliphatic carbocycles. The molecule has 0 N–H and O–H groups in total. The lowest BCUT2D eigenvalue weighted by molar-refractivity contribution is -0.152. The number of carbonyl (C=O) groups is 1. The number of carbonyl (C=O) groups excluding carboxylic acids is 1. The first kappa shape index (κ1) is 15.6. The topological polar surface area (TPSA) is 26.3 Å². The zero-order valence-electron chi connectivity index (χ0n) is 13.4. The molecule has 114 valence electrons. The molecule has 2 bridgehead atoms. The second-order valence-electron chi connectivity index (χ2n) is 7.70. The quantitative estimate of drug-likeness (QED) is 0.529. The predicted molar refractivity (Wildman–Crippen MR) is 82.4 cm³/mol. The maximum atomic E-state index is 11.6. The highest BCUT2D eigenvalue weighted by molar-refractivity contribution is 5.87. The Labute approximate surface area is 124 Å². The first-order valence-electron chi connectivity index (χ1n) is 8.24. The average molecular weight is 278 g/mol. The molecule has 0 heterocycles. The summed E-state index contributed by atoms with van der Waals surface area (Å²) >= 11 is 0. The van der Waals surface area contributed by atoms with E-state index in [1.165, 1.54) is 44.9 Å². The summed E-state index contributed by atoms with van der Waals surface area (Å²) in [5.41, 5.74) is 0.132. The van der Waals surface area contributed by atoms with E-state index in [1.54, 1.807) is 6.92 Å². The molecule has 0 aromatic carbocycles. The fraction of sp³-hybridized carbons (Fsp3) is 0.833. The van der Waals surface area contributed by atoms with Crippen molar-refractivity contribution in [2.75, 3.05) is 0 Å². The molecule has 0 aromatic heterocycles. The smallest absolute Gasteiger partial charge is 0.333 e. The monoisotopic (exact) mass is 278 g/mol. The highest BCUT2D eigenvalue weighted by Gasteiger charge is 2.33. The van der Waals surface area contributed by atoms with E-state index >= 15 is 0 Å². The fourth-order valence-corrected chi connectivity index (χ4v) is 4.05. The van der Waals surface area contributed by atoms with Gasteiger partial charge in [0.05, 0.1) is 0 Å². The number of rotatable bonds is 5. The van der Waals surface area contributed by atoms with Gasteiger partial charge in [-0.3, -0.25) is 0 Å². The zero-order chi connectivity index (χ0) is 14.8. The Bertz CT molecular complexity index is 358. The summed E-state index contributed by atoms with van der Waals surface area (Å²) in [6, 6.07) is 0. The zero-order valence-corrected chi connectivity index (χ0v) is 13.4. The van der Waals surface area contributed by atoms with Crippen molar-refractivity contribution in [3.63, 3.8) is 0 Å². The summed E-state index contributed by atoms with van der Waals surface area (Å²) in [5.74, 6) is 2.56. The second-order valence-corrected chi connectivity index (χ2v) is 7.70.